The Morgan fingerprint density at radius 2 is 1.83 bits per heavy atom. The van der Waals surface area contributed by atoms with Gasteiger partial charge >= 0.3 is 0 Å². The van der Waals surface area contributed by atoms with Crippen molar-refractivity contribution in [3.05, 3.63) is 71.5 Å². The first kappa shape index (κ1) is 14.8. The number of carbonyl (C=O) groups excluding carboxylic acids is 1. The fourth-order valence-corrected chi connectivity index (χ4v) is 3.35. The van der Waals surface area contributed by atoms with E-state index in [-0.39, 0.29) is 11.9 Å². The van der Waals surface area contributed by atoms with Gasteiger partial charge in [-0.2, -0.15) is 0 Å². The molecule has 1 aliphatic heterocycles. The number of hydrogen-bond donors (Lipinski definition) is 0. The van der Waals surface area contributed by atoms with E-state index >= 15 is 0 Å². The highest BCUT2D eigenvalue weighted by Gasteiger charge is 2.31. The molecular weight excluding hydrogens is 298 g/mol. The number of aryl methyl sites for hydroxylation is 1. The molecule has 120 valence electrons. The first-order chi connectivity index (χ1) is 11.7. The van der Waals surface area contributed by atoms with Crippen LogP contribution in [0.2, 0.25) is 0 Å². The molecule has 4 rings (SSSR count). The molecule has 0 radical (unpaired) electrons. The van der Waals surface area contributed by atoms with Crippen LogP contribution in [0, 0.1) is 6.92 Å². The zero-order valence-corrected chi connectivity index (χ0v) is 13.6. The molecule has 0 aliphatic carbocycles. The summed E-state index contributed by atoms with van der Waals surface area (Å²) < 4.78 is 0. The lowest BCUT2D eigenvalue weighted by Gasteiger charge is -2.25. The summed E-state index contributed by atoms with van der Waals surface area (Å²) >= 11 is 0. The predicted octanol–water partition coefficient (Wildman–Crippen LogP) is 3.92. The minimum Gasteiger partial charge on any atom is -0.330 e. The summed E-state index contributed by atoms with van der Waals surface area (Å²) in [6, 6.07) is 16.2. The number of para-hydroxylation sites is 2. The monoisotopic (exact) mass is 317 g/mol. The average Bonchev–Trinajstić information content (AvgIpc) is 3.11. The van der Waals surface area contributed by atoms with Crippen LogP contribution >= 0.6 is 0 Å². The van der Waals surface area contributed by atoms with Crippen LogP contribution in [0.15, 0.2) is 54.7 Å². The van der Waals surface area contributed by atoms with Crippen molar-refractivity contribution in [2.24, 2.45) is 0 Å². The van der Waals surface area contributed by atoms with Gasteiger partial charge in [0.2, 0.25) is 0 Å². The van der Waals surface area contributed by atoms with Crippen LogP contribution in [-0.2, 0) is 0 Å². The topological polar surface area (TPSA) is 46.1 Å². The SMILES string of the molecule is Cc1ccc(C2CCCN2C(=O)c2cnc3ccccc3n2)cc1. The van der Waals surface area contributed by atoms with E-state index in [4.69, 9.17) is 0 Å². The maximum Gasteiger partial charge on any atom is 0.274 e. The lowest BCUT2D eigenvalue weighted by atomic mass is 10.0. The fraction of sp³-hybridized carbons (Fsp3) is 0.250. The minimum absolute atomic E-state index is 0.0312. The molecule has 1 aliphatic rings. The zero-order chi connectivity index (χ0) is 16.5. The second-order valence-corrected chi connectivity index (χ2v) is 6.31. The highest BCUT2D eigenvalue weighted by atomic mass is 16.2. The summed E-state index contributed by atoms with van der Waals surface area (Å²) in [7, 11) is 0. The molecule has 2 aromatic carbocycles. The lowest BCUT2D eigenvalue weighted by Crippen LogP contribution is -2.31. The predicted molar refractivity (Wildman–Crippen MR) is 93.7 cm³/mol. The Balaban J connectivity index is 1.65. The Bertz CT molecular complexity index is 889. The molecule has 1 fully saturated rings. The van der Waals surface area contributed by atoms with Crippen molar-refractivity contribution < 1.29 is 4.79 Å². The van der Waals surface area contributed by atoms with E-state index in [0.717, 1.165) is 30.4 Å². The van der Waals surface area contributed by atoms with E-state index in [1.807, 2.05) is 29.2 Å². The fourth-order valence-electron chi connectivity index (χ4n) is 3.35. The first-order valence-electron chi connectivity index (χ1n) is 8.32. The Labute approximate surface area is 141 Å². The number of hydrogen-bond acceptors (Lipinski definition) is 3. The largest absolute Gasteiger partial charge is 0.330 e. The van der Waals surface area contributed by atoms with Crippen molar-refractivity contribution >= 4 is 16.9 Å². The van der Waals surface area contributed by atoms with Gasteiger partial charge in [-0.3, -0.25) is 9.78 Å². The maximum atomic E-state index is 13.0. The number of aromatic nitrogens is 2. The van der Waals surface area contributed by atoms with E-state index in [1.54, 1.807) is 6.20 Å². The summed E-state index contributed by atoms with van der Waals surface area (Å²) in [5, 5.41) is 0. The number of amides is 1. The third-order valence-electron chi connectivity index (χ3n) is 4.64. The second kappa shape index (κ2) is 6.04. The Morgan fingerprint density at radius 3 is 2.62 bits per heavy atom. The van der Waals surface area contributed by atoms with E-state index < -0.39 is 0 Å². The lowest BCUT2D eigenvalue weighted by molar-refractivity contribution is 0.0729. The maximum absolute atomic E-state index is 13.0. The van der Waals surface area contributed by atoms with Gasteiger partial charge < -0.3 is 4.90 Å². The molecule has 1 saturated heterocycles. The highest BCUT2D eigenvalue weighted by molar-refractivity contribution is 5.94. The number of fused-ring (bicyclic) bond motifs is 1. The van der Waals surface area contributed by atoms with E-state index in [9.17, 15) is 4.79 Å². The number of carbonyl (C=O) groups is 1. The van der Waals surface area contributed by atoms with Crippen molar-refractivity contribution in [3.63, 3.8) is 0 Å². The normalized spacial score (nSPS) is 17.4. The molecule has 4 nitrogen and oxygen atoms in total. The summed E-state index contributed by atoms with van der Waals surface area (Å²) in [5.74, 6) is -0.0312. The van der Waals surface area contributed by atoms with Crippen LogP contribution in [-0.4, -0.2) is 27.3 Å². The highest BCUT2D eigenvalue weighted by Crippen LogP contribution is 2.33. The van der Waals surface area contributed by atoms with Crippen molar-refractivity contribution in [1.82, 2.24) is 14.9 Å². The van der Waals surface area contributed by atoms with E-state index in [1.165, 1.54) is 11.1 Å². The molecule has 0 saturated carbocycles. The number of nitrogens with zero attached hydrogens (tertiary/aromatic N) is 3. The second-order valence-electron chi connectivity index (χ2n) is 6.31. The molecule has 2 heterocycles. The smallest absolute Gasteiger partial charge is 0.274 e. The first-order valence-corrected chi connectivity index (χ1v) is 8.32. The zero-order valence-electron chi connectivity index (χ0n) is 13.6. The van der Waals surface area contributed by atoms with Crippen molar-refractivity contribution in [2.45, 2.75) is 25.8 Å². The molecule has 1 unspecified atom stereocenters. The molecule has 1 amide bonds. The van der Waals surface area contributed by atoms with Crippen LogP contribution in [0.25, 0.3) is 11.0 Å². The average molecular weight is 317 g/mol. The van der Waals surface area contributed by atoms with Gasteiger partial charge in [-0.15, -0.1) is 0 Å². The van der Waals surface area contributed by atoms with Gasteiger partial charge in [-0.05, 0) is 37.5 Å². The number of rotatable bonds is 2. The van der Waals surface area contributed by atoms with Gasteiger partial charge in [-0.1, -0.05) is 42.0 Å². The Morgan fingerprint density at radius 1 is 1.08 bits per heavy atom. The van der Waals surface area contributed by atoms with Crippen LogP contribution in [0.3, 0.4) is 0 Å². The Hall–Kier alpha value is -2.75. The molecule has 0 bridgehead atoms. The van der Waals surface area contributed by atoms with Crippen molar-refractivity contribution in [2.75, 3.05) is 6.54 Å². The summed E-state index contributed by atoms with van der Waals surface area (Å²) in [5.41, 5.74) is 4.42. The van der Waals surface area contributed by atoms with Gasteiger partial charge in [0.15, 0.2) is 0 Å². The van der Waals surface area contributed by atoms with Gasteiger partial charge in [0, 0.05) is 6.54 Å². The van der Waals surface area contributed by atoms with Crippen LogP contribution in [0.1, 0.15) is 40.5 Å². The molecule has 24 heavy (non-hydrogen) atoms. The van der Waals surface area contributed by atoms with E-state index in [0.29, 0.717) is 5.69 Å². The number of likely N-dealkylation sites (tertiary alicyclic amines) is 1. The van der Waals surface area contributed by atoms with Crippen LogP contribution < -0.4 is 0 Å². The van der Waals surface area contributed by atoms with Gasteiger partial charge in [0.25, 0.3) is 5.91 Å². The summed E-state index contributed by atoms with van der Waals surface area (Å²) in [4.78, 5) is 23.8. The minimum atomic E-state index is -0.0312. The third kappa shape index (κ3) is 2.64. The molecule has 0 N–H and O–H groups in total. The molecule has 1 atom stereocenters. The van der Waals surface area contributed by atoms with E-state index in [2.05, 4.69) is 41.2 Å². The molecule has 1 aromatic heterocycles. The van der Waals surface area contributed by atoms with Gasteiger partial charge in [0.1, 0.15) is 5.69 Å². The van der Waals surface area contributed by atoms with Crippen LogP contribution in [0.5, 0.6) is 0 Å². The molecular formula is C20H19N3O. The standard InChI is InChI=1S/C20H19N3O/c1-14-8-10-15(11-9-14)19-7-4-12-23(19)20(24)18-13-21-16-5-2-3-6-17(16)22-18/h2-3,5-6,8-11,13,19H,4,7,12H2,1H3. The van der Waals surface area contributed by atoms with Crippen molar-refractivity contribution in [3.8, 4) is 0 Å². The van der Waals surface area contributed by atoms with Gasteiger partial charge in [0.05, 0.1) is 23.3 Å². The number of benzene rings is 2. The van der Waals surface area contributed by atoms with Crippen molar-refractivity contribution in [1.29, 1.82) is 0 Å². The Kier molecular flexibility index (Phi) is 3.73. The molecule has 4 heteroatoms. The molecule has 3 aromatic rings. The quantitative estimate of drug-likeness (QED) is 0.720. The summed E-state index contributed by atoms with van der Waals surface area (Å²) in [6.45, 7) is 2.85. The van der Waals surface area contributed by atoms with Crippen LogP contribution in [0.4, 0.5) is 0 Å². The van der Waals surface area contributed by atoms with Gasteiger partial charge in [-0.25, -0.2) is 4.98 Å². The molecule has 0 spiro atoms. The third-order valence-corrected chi connectivity index (χ3v) is 4.64. The summed E-state index contributed by atoms with van der Waals surface area (Å²) in [6.07, 6.45) is 3.61.